The molecule has 2 amide bonds. The summed E-state index contributed by atoms with van der Waals surface area (Å²) < 4.78 is 0. The molecule has 0 saturated heterocycles. The summed E-state index contributed by atoms with van der Waals surface area (Å²) in [4.78, 5) is 18.9. The highest BCUT2D eigenvalue weighted by molar-refractivity contribution is 5.89. The minimum absolute atomic E-state index is 0.170. The number of urea groups is 1. The van der Waals surface area contributed by atoms with E-state index in [0.29, 0.717) is 6.54 Å². The predicted octanol–water partition coefficient (Wildman–Crippen LogP) is 4.34. The highest BCUT2D eigenvalue weighted by Gasteiger charge is 2.08. The normalized spacial score (nSPS) is 10.7. The summed E-state index contributed by atoms with van der Waals surface area (Å²) in [5.41, 5.74) is 3.19. The van der Waals surface area contributed by atoms with Gasteiger partial charge in [-0.3, -0.25) is 9.88 Å². The minimum atomic E-state index is -0.170. The molecule has 0 saturated carbocycles. The molecular weight excluding hydrogens is 360 g/mol. The van der Waals surface area contributed by atoms with Gasteiger partial charge in [-0.05, 0) is 42.7 Å². The van der Waals surface area contributed by atoms with Gasteiger partial charge in [0, 0.05) is 38.1 Å². The van der Waals surface area contributed by atoms with Crippen LogP contribution in [-0.2, 0) is 13.0 Å². The van der Waals surface area contributed by atoms with E-state index in [1.807, 2.05) is 54.7 Å². The van der Waals surface area contributed by atoms with Crippen molar-refractivity contribution in [2.75, 3.05) is 25.0 Å². The molecule has 29 heavy (non-hydrogen) atoms. The molecule has 2 aromatic carbocycles. The zero-order valence-corrected chi connectivity index (χ0v) is 16.6. The predicted molar refractivity (Wildman–Crippen MR) is 118 cm³/mol. The quantitative estimate of drug-likeness (QED) is 0.508. The summed E-state index contributed by atoms with van der Waals surface area (Å²) in [6, 6.07) is 25.8. The standard InChI is InChI=1S/C24H28N4O/c29-24(27-22-12-5-2-6-13-22)26-17-9-18-28(20-23-14-7-8-16-25-23)19-15-21-10-3-1-4-11-21/h1-8,10-14,16H,9,15,17-20H2,(H2,26,27,29). The van der Waals surface area contributed by atoms with Crippen LogP contribution in [-0.4, -0.2) is 35.5 Å². The Morgan fingerprint density at radius 3 is 2.31 bits per heavy atom. The summed E-state index contributed by atoms with van der Waals surface area (Å²) >= 11 is 0. The fourth-order valence-electron chi connectivity index (χ4n) is 3.12. The number of rotatable bonds is 10. The van der Waals surface area contributed by atoms with Crippen molar-refractivity contribution < 1.29 is 4.79 Å². The Morgan fingerprint density at radius 1 is 0.862 bits per heavy atom. The van der Waals surface area contributed by atoms with Gasteiger partial charge >= 0.3 is 6.03 Å². The zero-order chi connectivity index (χ0) is 20.2. The van der Waals surface area contributed by atoms with Crippen LogP contribution < -0.4 is 10.6 Å². The van der Waals surface area contributed by atoms with E-state index in [4.69, 9.17) is 0 Å². The third kappa shape index (κ3) is 7.76. The summed E-state index contributed by atoms with van der Waals surface area (Å²) in [5.74, 6) is 0. The Kier molecular flexibility index (Phi) is 8.23. The van der Waals surface area contributed by atoms with Crippen molar-refractivity contribution in [3.05, 3.63) is 96.3 Å². The summed E-state index contributed by atoms with van der Waals surface area (Å²) in [5, 5.41) is 5.77. The molecule has 3 aromatic rings. The van der Waals surface area contributed by atoms with Gasteiger partial charge < -0.3 is 10.6 Å². The number of amides is 2. The second kappa shape index (κ2) is 11.6. The van der Waals surface area contributed by atoms with Crippen molar-refractivity contribution in [3.8, 4) is 0 Å². The molecule has 0 spiro atoms. The monoisotopic (exact) mass is 388 g/mol. The van der Waals surface area contributed by atoms with E-state index in [0.717, 1.165) is 43.9 Å². The van der Waals surface area contributed by atoms with Crippen molar-refractivity contribution in [2.45, 2.75) is 19.4 Å². The van der Waals surface area contributed by atoms with Crippen molar-refractivity contribution in [3.63, 3.8) is 0 Å². The number of carbonyl (C=O) groups is 1. The number of pyridine rings is 1. The van der Waals surface area contributed by atoms with E-state index in [2.05, 4.69) is 50.8 Å². The molecule has 5 nitrogen and oxygen atoms in total. The second-order valence-corrected chi connectivity index (χ2v) is 6.93. The first kappa shape index (κ1) is 20.6. The van der Waals surface area contributed by atoms with Crippen LogP contribution in [0.5, 0.6) is 0 Å². The fourth-order valence-corrected chi connectivity index (χ4v) is 3.12. The van der Waals surface area contributed by atoms with Gasteiger partial charge in [0.1, 0.15) is 0 Å². The maximum absolute atomic E-state index is 12.0. The van der Waals surface area contributed by atoms with Gasteiger partial charge in [0.15, 0.2) is 0 Å². The molecule has 0 aliphatic rings. The van der Waals surface area contributed by atoms with Crippen LogP contribution in [0.25, 0.3) is 0 Å². The van der Waals surface area contributed by atoms with Gasteiger partial charge in [-0.15, -0.1) is 0 Å². The van der Waals surface area contributed by atoms with Gasteiger partial charge in [0.05, 0.1) is 5.69 Å². The number of anilines is 1. The Balaban J connectivity index is 1.45. The maximum atomic E-state index is 12.0. The minimum Gasteiger partial charge on any atom is -0.338 e. The first-order valence-corrected chi connectivity index (χ1v) is 10.1. The highest BCUT2D eigenvalue weighted by atomic mass is 16.2. The maximum Gasteiger partial charge on any atom is 0.319 e. The number of para-hydroxylation sites is 1. The fraction of sp³-hybridized carbons (Fsp3) is 0.250. The van der Waals surface area contributed by atoms with E-state index in [1.165, 1.54) is 5.56 Å². The average molecular weight is 389 g/mol. The Labute approximate surface area is 172 Å². The molecule has 0 atom stereocenters. The highest BCUT2D eigenvalue weighted by Crippen LogP contribution is 2.07. The molecule has 0 fully saturated rings. The molecule has 2 N–H and O–H groups in total. The Hall–Kier alpha value is -3.18. The lowest BCUT2D eigenvalue weighted by Gasteiger charge is -2.22. The number of nitrogens with one attached hydrogen (secondary N) is 2. The smallest absolute Gasteiger partial charge is 0.319 e. The van der Waals surface area contributed by atoms with E-state index in [1.54, 1.807) is 0 Å². The molecule has 0 radical (unpaired) electrons. The van der Waals surface area contributed by atoms with Crippen LogP contribution in [0.2, 0.25) is 0 Å². The van der Waals surface area contributed by atoms with Crippen molar-refractivity contribution in [2.24, 2.45) is 0 Å². The number of benzene rings is 2. The summed E-state index contributed by atoms with van der Waals surface area (Å²) in [6.45, 7) is 3.29. The number of nitrogens with zero attached hydrogens (tertiary/aromatic N) is 2. The lowest BCUT2D eigenvalue weighted by molar-refractivity contribution is 0.246. The number of hydrogen-bond acceptors (Lipinski definition) is 3. The van der Waals surface area contributed by atoms with Crippen molar-refractivity contribution in [1.29, 1.82) is 0 Å². The molecule has 5 heteroatoms. The van der Waals surface area contributed by atoms with Crippen molar-refractivity contribution >= 4 is 11.7 Å². The first-order valence-electron chi connectivity index (χ1n) is 10.1. The number of hydrogen-bond donors (Lipinski definition) is 2. The largest absolute Gasteiger partial charge is 0.338 e. The number of carbonyl (C=O) groups excluding carboxylic acids is 1. The summed E-state index contributed by atoms with van der Waals surface area (Å²) in [7, 11) is 0. The molecule has 0 aliphatic heterocycles. The Bertz CT molecular complexity index is 841. The molecular formula is C24H28N4O. The Morgan fingerprint density at radius 2 is 1.59 bits per heavy atom. The van der Waals surface area contributed by atoms with Gasteiger partial charge in [-0.25, -0.2) is 4.79 Å². The summed E-state index contributed by atoms with van der Waals surface area (Å²) in [6.07, 6.45) is 3.71. The topological polar surface area (TPSA) is 57.3 Å². The van der Waals surface area contributed by atoms with Gasteiger partial charge in [-0.2, -0.15) is 0 Å². The van der Waals surface area contributed by atoms with Crippen LogP contribution in [0.15, 0.2) is 85.1 Å². The second-order valence-electron chi connectivity index (χ2n) is 6.93. The van der Waals surface area contributed by atoms with Gasteiger partial charge in [-0.1, -0.05) is 54.6 Å². The average Bonchev–Trinajstić information content (AvgIpc) is 2.77. The first-order chi connectivity index (χ1) is 14.3. The van der Waals surface area contributed by atoms with Crippen LogP contribution >= 0.6 is 0 Å². The molecule has 0 unspecified atom stereocenters. The van der Waals surface area contributed by atoms with Crippen LogP contribution in [0.1, 0.15) is 17.7 Å². The van der Waals surface area contributed by atoms with Gasteiger partial charge in [0.25, 0.3) is 0 Å². The van der Waals surface area contributed by atoms with Gasteiger partial charge in [0.2, 0.25) is 0 Å². The van der Waals surface area contributed by atoms with Crippen LogP contribution in [0.4, 0.5) is 10.5 Å². The van der Waals surface area contributed by atoms with E-state index >= 15 is 0 Å². The lowest BCUT2D eigenvalue weighted by atomic mass is 10.1. The molecule has 1 heterocycles. The molecule has 1 aromatic heterocycles. The molecule has 150 valence electrons. The third-order valence-corrected chi connectivity index (χ3v) is 4.64. The van der Waals surface area contributed by atoms with Crippen LogP contribution in [0.3, 0.4) is 0 Å². The van der Waals surface area contributed by atoms with Crippen LogP contribution in [0, 0.1) is 0 Å². The molecule has 0 bridgehead atoms. The van der Waals surface area contributed by atoms with Crippen molar-refractivity contribution in [1.82, 2.24) is 15.2 Å². The number of aromatic nitrogens is 1. The van der Waals surface area contributed by atoms with E-state index in [9.17, 15) is 4.79 Å². The zero-order valence-electron chi connectivity index (χ0n) is 16.6. The van der Waals surface area contributed by atoms with E-state index in [-0.39, 0.29) is 6.03 Å². The SMILES string of the molecule is O=C(NCCCN(CCc1ccccc1)Cc1ccccn1)Nc1ccccc1. The molecule has 3 rings (SSSR count). The van der Waals surface area contributed by atoms with E-state index < -0.39 is 0 Å². The third-order valence-electron chi connectivity index (χ3n) is 4.64. The molecule has 0 aliphatic carbocycles. The lowest BCUT2D eigenvalue weighted by Crippen LogP contribution is -2.33.